The van der Waals surface area contributed by atoms with Gasteiger partial charge in [-0.3, -0.25) is 15.0 Å². The van der Waals surface area contributed by atoms with Gasteiger partial charge in [-0.05, 0) is 66.0 Å². The van der Waals surface area contributed by atoms with Crippen LogP contribution in [0.1, 0.15) is 315 Å². The Hall–Kier alpha value is -7.50. The highest BCUT2D eigenvalue weighted by Crippen LogP contribution is 2.11. The van der Waals surface area contributed by atoms with Crippen molar-refractivity contribution < 1.29 is 0 Å². The summed E-state index contributed by atoms with van der Waals surface area (Å²) in [6.45, 7) is 65.4. The average Bonchev–Trinajstić information content (AvgIpc) is 3.61. The number of aromatic nitrogens is 18. The minimum Gasteiger partial charge on any atom is -0.261 e. The lowest BCUT2D eigenvalue weighted by molar-refractivity contribution is 0.735. The zero-order chi connectivity index (χ0) is 69.5. The molecule has 496 valence electrons. The molecule has 0 aromatic carbocycles. The van der Waals surface area contributed by atoms with E-state index in [4.69, 9.17) is 0 Å². The highest BCUT2D eigenvalue weighted by molar-refractivity contribution is 5.07. The molecule has 8 aromatic heterocycles. The van der Waals surface area contributed by atoms with E-state index in [1.54, 1.807) is 68.3 Å². The van der Waals surface area contributed by atoms with E-state index < -0.39 is 0 Å². The molecule has 18 nitrogen and oxygen atoms in total. The van der Waals surface area contributed by atoms with E-state index in [2.05, 4.69) is 187 Å². The van der Waals surface area contributed by atoms with Crippen LogP contribution in [-0.2, 0) is 0 Å². The summed E-state index contributed by atoms with van der Waals surface area (Å²) in [7, 11) is 0. The smallest absolute Gasteiger partial charge is 0.153 e. The van der Waals surface area contributed by atoms with Crippen LogP contribution in [0.15, 0.2) is 136 Å². The molecular formula is C70H126N18. The van der Waals surface area contributed by atoms with Gasteiger partial charge in [0.25, 0.3) is 0 Å². The maximum Gasteiger partial charge on any atom is 0.153 e. The first kappa shape index (κ1) is 96.8. The normalized spacial score (nSPS) is 8.82. The Morgan fingerprint density at radius 1 is 0.216 bits per heavy atom. The zero-order valence-electron chi connectivity index (χ0n) is 61.4. The molecule has 0 spiro atoms. The van der Waals surface area contributed by atoms with Crippen molar-refractivity contribution in [1.29, 1.82) is 0 Å². The molecule has 0 unspecified atom stereocenters. The number of rotatable bonds is 8. The second-order valence-corrected chi connectivity index (χ2v) is 18.0. The molecule has 0 saturated carbocycles. The van der Waals surface area contributed by atoms with Crippen LogP contribution >= 0.6 is 0 Å². The number of nitrogens with zero attached hydrogens (tertiary/aromatic N) is 18. The van der Waals surface area contributed by atoms with Gasteiger partial charge in [-0.25, -0.2) is 44.9 Å². The lowest BCUT2D eigenvalue weighted by Crippen LogP contribution is -1.96. The van der Waals surface area contributed by atoms with E-state index in [1.807, 2.05) is 173 Å². The Labute approximate surface area is 538 Å². The fourth-order valence-electron chi connectivity index (χ4n) is 4.79. The first-order valence-corrected chi connectivity index (χ1v) is 32.3. The molecule has 0 amide bonds. The summed E-state index contributed by atoms with van der Waals surface area (Å²) >= 11 is 0. The lowest BCUT2D eigenvalue weighted by Gasteiger charge is -2.00. The quantitative estimate of drug-likeness (QED) is 0.138. The van der Waals surface area contributed by atoms with Crippen LogP contribution < -0.4 is 0 Å². The SMILES string of the molecule is CC.CC.CC.CC.CC.CC.CC.CC.CC(C)c1ccccn1.CC(C)c1cccnn1.CC(C)c1ccncn1.CC(C)c1cnccn1.CC(C)c1cncnn1.CC(C)c1ncccn1.CC(C)c1nccnn1.CC(C)c1ncncn1. The number of pyridine rings is 1. The summed E-state index contributed by atoms with van der Waals surface area (Å²) in [4.78, 5) is 47.7. The first-order chi connectivity index (χ1) is 42.4. The van der Waals surface area contributed by atoms with Crippen LogP contribution in [0.25, 0.3) is 0 Å². The maximum atomic E-state index is 4.18. The molecule has 0 aliphatic heterocycles. The largest absolute Gasteiger partial charge is 0.261 e. The fourth-order valence-corrected chi connectivity index (χ4v) is 4.79. The molecule has 18 heteroatoms. The summed E-state index contributed by atoms with van der Waals surface area (Å²) in [5.74, 6) is 6.22. The summed E-state index contributed by atoms with van der Waals surface area (Å²) in [5.41, 5.74) is 5.31. The highest BCUT2D eigenvalue weighted by atomic mass is 15.1. The van der Waals surface area contributed by atoms with Crippen LogP contribution in [0.2, 0.25) is 0 Å². The molecule has 88 heavy (non-hydrogen) atoms. The van der Waals surface area contributed by atoms with Gasteiger partial charge < -0.3 is 0 Å². The van der Waals surface area contributed by atoms with E-state index in [0.717, 1.165) is 45.9 Å². The van der Waals surface area contributed by atoms with Gasteiger partial charge in [-0.2, -0.15) is 20.4 Å². The van der Waals surface area contributed by atoms with Gasteiger partial charge in [-0.15, -0.1) is 10.2 Å². The molecule has 0 aliphatic rings. The topological polar surface area (TPSA) is 232 Å². The van der Waals surface area contributed by atoms with Crippen LogP contribution in [0.4, 0.5) is 0 Å². The van der Waals surface area contributed by atoms with Gasteiger partial charge >= 0.3 is 0 Å². The van der Waals surface area contributed by atoms with Crippen LogP contribution in [0.3, 0.4) is 0 Å². The number of hydrogen-bond acceptors (Lipinski definition) is 18. The van der Waals surface area contributed by atoms with Crippen LogP contribution in [-0.4, -0.2) is 90.4 Å². The van der Waals surface area contributed by atoms with Crippen molar-refractivity contribution in [2.45, 2.75) is 269 Å². The van der Waals surface area contributed by atoms with Crippen molar-refractivity contribution in [3.63, 3.8) is 0 Å². The number of hydrogen-bond donors (Lipinski definition) is 0. The summed E-state index contributed by atoms with van der Waals surface area (Å²) in [6, 6.07) is 13.6. The first-order valence-electron chi connectivity index (χ1n) is 32.3. The second-order valence-electron chi connectivity index (χ2n) is 18.0. The Morgan fingerprint density at radius 3 is 0.886 bits per heavy atom. The molecule has 8 heterocycles. The summed E-state index contributed by atoms with van der Waals surface area (Å²) in [6.07, 6.45) is 25.0. The van der Waals surface area contributed by atoms with Crippen molar-refractivity contribution in [2.24, 2.45) is 0 Å². The molecule has 8 rings (SSSR count). The monoisotopic (exact) mass is 1220 g/mol. The highest BCUT2D eigenvalue weighted by Gasteiger charge is 2.02. The van der Waals surface area contributed by atoms with Crippen molar-refractivity contribution in [3.05, 3.63) is 182 Å². The van der Waals surface area contributed by atoms with E-state index >= 15 is 0 Å². The van der Waals surface area contributed by atoms with E-state index in [-0.39, 0.29) is 0 Å². The van der Waals surface area contributed by atoms with Crippen molar-refractivity contribution in [1.82, 2.24) is 90.4 Å². The molecule has 8 aromatic rings. The standard InChI is InChI=1S/C8H11N.4C7H10N2.3C6H9N3.8C2H6/c1-7(2)8-5-3-4-6-9-8;1-6(2)7-5-8-3-4-9-7;1-6(2)7-3-4-8-5-9-7;1-6(2)7-8-4-3-5-9-7;1-6(2)7-4-3-5-8-9-7;1-5(2)6-8-3-7-4-9-6;1-5(2)6-3-7-4-8-9-6;1-5(2)6-7-3-4-8-9-6;8*1-2/h3-7H,1-2H3;4*3-6H,1-2H3;3*3-5H,1-2H3;8*1-2H3. The molecule has 0 radical (unpaired) electrons. The van der Waals surface area contributed by atoms with E-state index in [0.29, 0.717) is 47.3 Å². The van der Waals surface area contributed by atoms with Gasteiger partial charge in [0.2, 0.25) is 0 Å². The molecule has 0 aliphatic carbocycles. The van der Waals surface area contributed by atoms with E-state index in [9.17, 15) is 0 Å². The van der Waals surface area contributed by atoms with Crippen molar-refractivity contribution in [3.8, 4) is 0 Å². The molecule has 0 bridgehead atoms. The average molecular weight is 1220 g/mol. The van der Waals surface area contributed by atoms with Crippen molar-refractivity contribution >= 4 is 0 Å². The van der Waals surface area contributed by atoms with Gasteiger partial charge in [0.1, 0.15) is 37.0 Å². The molecular weight excluding hydrogens is 1090 g/mol. The molecule has 0 fully saturated rings. The van der Waals surface area contributed by atoms with E-state index in [1.165, 1.54) is 19.0 Å². The predicted octanol–water partition coefficient (Wildman–Crippen LogP) is 19.8. The van der Waals surface area contributed by atoms with Gasteiger partial charge in [0, 0.05) is 84.9 Å². The van der Waals surface area contributed by atoms with Gasteiger partial charge in [-0.1, -0.05) is 228 Å². The minimum atomic E-state index is 0.374. The Balaban J connectivity index is -0.000000134. The minimum absolute atomic E-state index is 0.374. The third-order valence-electron chi connectivity index (χ3n) is 9.07. The Bertz CT molecular complexity index is 1890. The Kier molecular flexibility index (Phi) is 83.2. The van der Waals surface area contributed by atoms with Crippen LogP contribution in [0.5, 0.6) is 0 Å². The summed E-state index contributed by atoms with van der Waals surface area (Å²) < 4.78 is 0. The lowest BCUT2D eigenvalue weighted by atomic mass is 10.1. The molecule has 0 saturated heterocycles. The van der Waals surface area contributed by atoms with Gasteiger partial charge in [0.15, 0.2) is 5.82 Å². The summed E-state index contributed by atoms with van der Waals surface area (Å²) in [5, 5.41) is 22.7. The fraction of sp³-hybridized carbons (Fsp3) is 0.571. The second kappa shape index (κ2) is 75.6. The molecule has 0 N–H and O–H groups in total. The van der Waals surface area contributed by atoms with Gasteiger partial charge in [0.05, 0.1) is 29.5 Å². The Morgan fingerprint density at radius 2 is 0.614 bits per heavy atom. The third kappa shape index (κ3) is 60.2. The third-order valence-corrected chi connectivity index (χ3v) is 9.07. The predicted molar refractivity (Wildman–Crippen MR) is 375 cm³/mol. The zero-order valence-corrected chi connectivity index (χ0v) is 61.4. The van der Waals surface area contributed by atoms with Crippen molar-refractivity contribution in [2.75, 3.05) is 0 Å². The molecule has 0 atom stereocenters. The van der Waals surface area contributed by atoms with Crippen LogP contribution in [0, 0.1) is 0 Å². The maximum absolute atomic E-state index is 4.18.